The third kappa shape index (κ3) is 5.28. The summed E-state index contributed by atoms with van der Waals surface area (Å²) in [5, 5.41) is 2.95. The predicted octanol–water partition coefficient (Wildman–Crippen LogP) is 3.70. The second-order valence-corrected chi connectivity index (χ2v) is 6.05. The number of rotatable bonds is 8. The first kappa shape index (κ1) is 19.4. The molecule has 0 saturated heterocycles. The van der Waals surface area contributed by atoms with Crippen LogP contribution >= 0.6 is 0 Å². The molecular weight excluding hydrogens is 330 g/mol. The molecule has 0 fully saturated rings. The van der Waals surface area contributed by atoms with Crippen LogP contribution in [0, 0.1) is 0 Å². The van der Waals surface area contributed by atoms with Crippen LogP contribution in [0.5, 0.6) is 0 Å². The molecule has 1 amide bonds. The molecule has 0 spiro atoms. The van der Waals surface area contributed by atoms with Crippen molar-refractivity contribution in [3.05, 3.63) is 71.3 Å². The predicted molar refractivity (Wildman–Crippen MR) is 98.9 cm³/mol. The maximum atomic E-state index is 12.4. The lowest BCUT2D eigenvalue weighted by Gasteiger charge is -2.21. The van der Waals surface area contributed by atoms with Crippen molar-refractivity contribution in [3.8, 4) is 0 Å². The van der Waals surface area contributed by atoms with Crippen molar-refractivity contribution in [2.24, 2.45) is 0 Å². The zero-order valence-corrected chi connectivity index (χ0v) is 15.0. The lowest BCUT2D eigenvalue weighted by molar-refractivity contribution is -0.129. The summed E-state index contributed by atoms with van der Waals surface area (Å²) in [6, 6.07) is 15.6. The van der Waals surface area contributed by atoms with Crippen LogP contribution in [-0.2, 0) is 9.53 Å². The number of carbonyl (C=O) groups is 3. The topological polar surface area (TPSA) is 72.5 Å². The molecule has 0 radical (unpaired) electrons. The first-order chi connectivity index (χ1) is 12.5. The van der Waals surface area contributed by atoms with Gasteiger partial charge in [-0.3, -0.25) is 9.59 Å². The highest BCUT2D eigenvalue weighted by molar-refractivity contribution is 5.93. The van der Waals surface area contributed by atoms with E-state index in [1.807, 2.05) is 30.3 Å². The number of hydrogen-bond donors (Lipinski definition) is 1. The van der Waals surface area contributed by atoms with Gasteiger partial charge in [0.25, 0.3) is 5.91 Å². The molecule has 0 bridgehead atoms. The molecule has 2 unspecified atom stereocenters. The van der Waals surface area contributed by atoms with Crippen molar-refractivity contribution in [2.75, 3.05) is 0 Å². The summed E-state index contributed by atoms with van der Waals surface area (Å²) in [6.07, 6.45) is 1.49. The molecule has 5 heteroatoms. The summed E-state index contributed by atoms with van der Waals surface area (Å²) in [5.41, 5.74) is 1.78. The second kappa shape index (κ2) is 9.51. The third-order valence-electron chi connectivity index (χ3n) is 4.03. The van der Waals surface area contributed by atoms with Gasteiger partial charge in [-0.15, -0.1) is 0 Å². The van der Waals surface area contributed by atoms with Crippen molar-refractivity contribution in [2.45, 2.75) is 38.8 Å². The average Bonchev–Trinajstić information content (AvgIpc) is 2.68. The molecule has 2 aromatic carbocycles. The molecule has 26 heavy (non-hydrogen) atoms. The Bertz CT molecular complexity index is 740. The van der Waals surface area contributed by atoms with E-state index in [0.29, 0.717) is 17.4 Å². The van der Waals surface area contributed by atoms with E-state index in [1.165, 1.54) is 24.3 Å². The van der Waals surface area contributed by atoms with Crippen LogP contribution in [0.25, 0.3) is 0 Å². The molecule has 136 valence electrons. The van der Waals surface area contributed by atoms with Gasteiger partial charge in [-0.2, -0.15) is 0 Å². The summed E-state index contributed by atoms with van der Waals surface area (Å²) in [6.45, 7) is 3.59. The summed E-state index contributed by atoms with van der Waals surface area (Å²) in [4.78, 5) is 35.2. The van der Waals surface area contributed by atoms with Crippen molar-refractivity contribution in [1.29, 1.82) is 0 Å². The van der Waals surface area contributed by atoms with E-state index >= 15 is 0 Å². The van der Waals surface area contributed by atoms with Gasteiger partial charge in [0, 0.05) is 5.56 Å². The first-order valence-corrected chi connectivity index (χ1v) is 8.66. The fourth-order valence-corrected chi connectivity index (χ4v) is 2.57. The van der Waals surface area contributed by atoms with Gasteiger partial charge in [0.15, 0.2) is 6.10 Å². The summed E-state index contributed by atoms with van der Waals surface area (Å²) in [5.74, 6) is -0.943. The zero-order valence-electron chi connectivity index (χ0n) is 15.0. The highest BCUT2D eigenvalue weighted by atomic mass is 16.5. The minimum atomic E-state index is -0.920. The lowest BCUT2D eigenvalue weighted by atomic mass is 10.0. The van der Waals surface area contributed by atoms with E-state index in [0.717, 1.165) is 18.4 Å². The molecule has 2 rings (SSSR count). The molecule has 0 heterocycles. The highest BCUT2D eigenvalue weighted by Gasteiger charge is 2.22. The quantitative estimate of drug-likeness (QED) is 0.580. The highest BCUT2D eigenvalue weighted by Crippen LogP contribution is 2.18. The van der Waals surface area contributed by atoms with Crippen LogP contribution < -0.4 is 5.32 Å². The van der Waals surface area contributed by atoms with Gasteiger partial charge in [0.2, 0.25) is 0 Å². The average molecular weight is 353 g/mol. The van der Waals surface area contributed by atoms with Gasteiger partial charge in [0.1, 0.15) is 6.29 Å². The maximum Gasteiger partial charge on any atom is 0.338 e. The molecule has 0 aliphatic rings. The Hall–Kier alpha value is -2.95. The zero-order chi connectivity index (χ0) is 18.9. The number of nitrogens with one attached hydrogen (secondary N) is 1. The number of carbonyl (C=O) groups excluding carboxylic acids is 3. The van der Waals surface area contributed by atoms with Gasteiger partial charge in [-0.05, 0) is 31.0 Å². The fourth-order valence-electron chi connectivity index (χ4n) is 2.57. The maximum absolute atomic E-state index is 12.4. The molecule has 0 aliphatic heterocycles. The normalized spacial score (nSPS) is 12.7. The van der Waals surface area contributed by atoms with Gasteiger partial charge in [-0.25, -0.2) is 4.79 Å². The number of benzene rings is 2. The van der Waals surface area contributed by atoms with E-state index in [4.69, 9.17) is 4.74 Å². The smallest absolute Gasteiger partial charge is 0.338 e. The van der Waals surface area contributed by atoms with Crippen LogP contribution in [0.15, 0.2) is 54.6 Å². The van der Waals surface area contributed by atoms with Crippen molar-refractivity contribution >= 4 is 18.2 Å². The van der Waals surface area contributed by atoms with Crippen molar-refractivity contribution in [1.82, 2.24) is 5.32 Å². The fraction of sp³-hybridized carbons (Fsp3) is 0.286. The Morgan fingerprint density at radius 3 is 2.31 bits per heavy atom. The number of esters is 1. The largest absolute Gasteiger partial charge is 0.449 e. The first-order valence-electron chi connectivity index (χ1n) is 8.66. The van der Waals surface area contributed by atoms with Gasteiger partial charge < -0.3 is 10.1 Å². The summed E-state index contributed by atoms with van der Waals surface area (Å²) < 4.78 is 5.25. The molecule has 5 nitrogen and oxygen atoms in total. The molecule has 0 aliphatic carbocycles. The van der Waals surface area contributed by atoms with E-state index in [2.05, 4.69) is 12.2 Å². The Balaban J connectivity index is 1.98. The summed E-state index contributed by atoms with van der Waals surface area (Å²) >= 11 is 0. The number of hydrogen-bond acceptors (Lipinski definition) is 4. The minimum Gasteiger partial charge on any atom is -0.449 e. The molecule has 0 saturated carbocycles. The van der Waals surface area contributed by atoms with Crippen molar-refractivity contribution < 1.29 is 19.1 Å². The van der Waals surface area contributed by atoms with Crippen LogP contribution in [0.2, 0.25) is 0 Å². The number of amides is 1. The van der Waals surface area contributed by atoms with Crippen LogP contribution in [0.4, 0.5) is 0 Å². The minimum absolute atomic E-state index is 0.123. The Labute approximate surface area is 153 Å². The van der Waals surface area contributed by atoms with E-state index < -0.39 is 12.1 Å². The molecule has 2 aromatic rings. The molecule has 0 aromatic heterocycles. The standard InChI is InChI=1S/C21H23NO4/c1-3-7-19(17-8-5-4-6-9-17)22-20(24)15(2)26-21(25)18-12-10-16(14-23)11-13-18/h4-6,8-15,19H,3,7H2,1-2H3,(H,22,24). The van der Waals surface area contributed by atoms with Crippen LogP contribution in [0.3, 0.4) is 0 Å². The van der Waals surface area contributed by atoms with Gasteiger partial charge >= 0.3 is 5.97 Å². The molecular formula is C21H23NO4. The second-order valence-electron chi connectivity index (χ2n) is 6.05. The third-order valence-corrected chi connectivity index (χ3v) is 4.03. The van der Waals surface area contributed by atoms with Gasteiger partial charge in [0.05, 0.1) is 11.6 Å². The van der Waals surface area contributed by atoms with E-state index in [1.54, 1.807) is 6.92 Å². The van der Waals surface area contributed by atoms with E-state index in [-0.39, 0.29) is 11.9 Å². The van der Waals surface area contributed by atoms with Crippen LogP contribution in [0.1, 0.15) is 59.0 Å². The lowest BCUT2D eigenvalue weighted by Crippen LogP contribution is -2.38. The Morgan fingerprint density at radius 2 is 1.73 bits per heavy atom. The monoisotopic (exact) mass is 353 g/mol. The van der Waals surface area contributed by atoms with Crippen molar-refractivity contribution in [3.63, 3.8) is 0 Å². The van der Waals surface area contributed by atoms with Crippen LogP contribution in [-0.4, -0.2) is 24.3 Å². The van der Waals surface area contributed by atoms with Gasteiger partial charge in [-0.1, -0.05) is 55.8 Å². The SMILES string of the molecule is CCCC(NC(=O)C(C)OC(=O)c1ccc(C=O)cc1)c1ccccc1. The molecule has 2 atom stereocenters. The number of aldehydes is 1. The Kier molecular flexibility index (Phi) is 7.09. The number of ether oxygens (including phenoxy) is 1. The Morgan fingerprint density at radius 1 is 1.08 bits per heavy atom. The van der Waals surface area contributed by atoms with E-state index in [9.17, 15) is 14.4 Å². The summed E-state index contributed by atoms with van der Waals surface area (Å²) in [7, 11) is 0. The molecule has 1 N–H and O–H groups in total.